The Hall–Kier alpha value is -0.570. The molecule has 1 atom stereocenters. The summed E-state index contributed by atoms with van der Waals surface area (Å²) >= 11 is 0. The van der Waals surface area contributed by atoms with Crippen molar-refractivity contribution in [2.24, 2.45) is 0 Å². The number of hydrogen-bond acceptors (Lipinski definition) is 2. The minimum absolute atomic E-state index is 0.117. The second-order valence-corrected chi connectivity index (χ2v) is 5.12. The second kappa shape index (κ2) is 5.67. The Kier molecular flexibility index (Phi) is 4.22. The van der Waals surface area contributed by atoms with E-state index in [0.29, 0.717) is 11.9 Å². The molecule has 1 aliphatic carbocycles. The quantitative estimate of drug-likeness (QED) is 0.774. The summed E-state index contributed by atoms with van der Waals surface area (Å²) in [6.07, 6.45) is 8.24. The van der Waals surface area contributed by atoms with Gasteiger partial charge in [-0.2, -0.15) is 0 Å². The van der Waals surface area contributed by atoms with Crippen LogP contribution in [-0.4, -0.2) is 36.0 Å². The second-order valence-electron chi connectivity index (χ2n) is 5.12. The van der Waals surface area contributed by atoms with Gasteiger partial charge in [0, 0.05) is 12.6 Å². The van der Waals surface area contributed by atoms with Crippen molar-refractivity contribution in [1.82, 2.24) is 10.2 Å². The minimum atomic E-state index is 0.117. The number of nitrogens with one attached hydrogen (secondary N) is 1. The van der Waals surface area contributed by atoms with E-state index in [1.54, 1.807) is 0 Å². The van der Waals surface area contributed by atoms with Crippen LogP contribution in [0.1, 0.15) is 51.9 Å². The molecule has 1 aliphatic heterocycles. The van der Waals surface area contributed by atoms with Gasteiger partial charge < -0.3 is 10.2 Å². The van der Waals surface area contributed by atoms with E-state index in [1.807, 2.05) is 0 Å². The van der Waals surface area contributed by atoms with Crippen LogP contribution < -0.4 is 5.32 Å². The van der Waals surface area contributed by atoms with Gasteiger partial charge in [0.1, 0.15) is 0 Å². The highest BCUT2D eigenvalue weighted by Crippen LogP contribution is 2.28. The molecule has 0 aromatic heterocycles. The fourth-order valence-electron chi connectivity index (χ4n) is 2.45. The van der Waals surface area contributed by atoms with Crippen molar-refractivity contribution in [1.29, 1.82) is 0 Å². The lowest BCUT2D eigenvalue weighted by Crippen LogP contribution is -2.49. The van der Waals surface area contributed by atoms with E-state index in [0.717, 1.165) is 25.9 Å². The highest BCUT2D eigenvalue weighted by Gasteiger charge is 2.35. The van der Waals surface area contributed by atoms with Gasteiger partial charge in [-0.3, -0.25) is 4.79 Å². The summed E-state index contributed by atoms with van der Waals surface area (Å²) in [6.45, 7) is 4.18. The molecule has 1 saturated heterocycles. The third kappa shape index (κ3) is 2.97. The van der Waals surface area contributed by atoms with E-state index in [4.69, 9.17) is 0 Å². The van der Waals surface area contributed by atoms with Crippen molar-refractivity contribution in [3.63, 3.8) is 0 Å². The Morgan fingerprint density at radius 1 is 1.31 bits per heavy atom. The predicted molar refractivity (Wildman–Crippen MR) is 65.3 cm³/mol. The molecule has 0 unspecified atom stereocenters. The molecule has 92 valence electrons. The molecule has 1 saturated carbocycles. The summed E-state index contributed by atoms with van der Waals surface area (Å²) in [4.78, 5) is 14.5. The average molecular weight is 224 g/mol. The van der Waals surface area contributed by atoms with Gasteiger partial charge in [-0.25, -0.2) is 0 Å². The monoisotopic (exact) mass is 224 g/mol. The number of rotatable bonds is 5. The average Bonchev–Trinajstić information content (AvgIpc) is 3.15. The van der Waals surface area contributed by atoms with E-state index in [2.05, 4.69) is 17.1 Å². The fraction of sp³-hybridized carbons (Fsp3) is 0.923. The molecule has 0 radical (unpaired) electrons. The van der Waals surface area contributed by atoms with Crippen LogP contribution in [0.3, 0.4) is 0 Å². The van der Waals surface area contributed by atoms with Crippen LogP contribution in [0.2, 0.25) is 0 Å². The maximum absolute atomic E-state index is 12.3. The lowest BCUT2D eigenvalue weighted by molar-refractivity contribution is -0.134. The number of carbonyl (C=O) groups excluding carboxylic acids is 1. The molecule has 2 rings (SSSR count). The maximum atomic E-state index is 12.3. The van der Waals surface area contributed by atoms with Crippen LogP contribution in [-0.2, 0) is 4.79 Å². The van der Waals surface area contributed by atoms with E-state index in [1.165, 1.54) is 32.1 Å². The van der Waals surface area contributed by atoms with Crippen LogP contribution in [0.15, 0.2) is 0 Å². The fourth-order valence-corrected chi connectivity index (χ4v) is 2.45. The Labute approximate surface area is 98.6 Å². The molecule has 0 aromatic rings. The van der Waals surface area contributed by atoms with Crippen LogP contribution in [0.5, 0.6) is 0 Å². The van der Waals surface area contributed by atoms with Crippen LogP contribution in [0.4, 0.5) is 0 Å². The third-order valence-electron chi connectivity index (χ3n) is 3.63. The summed E-state index contributed by atoms with van der Waals surface area (Å²) in [6, 6.07) is 0.689. The number of unbranched alkanes of at least 4 members (excludes halogenated alkanes) is 1. The first kappa shape index (κ1) is 11.9. The molecule has 3 heteroatoms. The van der Waals surface area contributed by atoms with E-state index in [-0.39, 0.29) is 6.04 Å². The maximum Gasteiger partial charge on any atom is 0.239 e. The van der Waals surface area contributed by atoms with E-state index >= 15 is 0 Å². The van der Waals surface area contributed by atoms with Crippen LogP contribution in [0.25, 0.3) is 0 Å². The number of nitrogens with zero attached hydrogens (tertiary/aromatic N) is 1. The summed E-state index contributed by atoms with van der Waals surface area (Å²) < 4.78 is 0. The number of hydrogen-bond donors (Lipinski definition) is 1. The molecule has 1 N–H and O–H groups in total. The van der Waals surface area contributed by atoms with E-state index in [9.17, 15) is 4.79 Å². The first-order chi connectivity index (χ1) is 7.83. The molecule has 0 bridgehead atoms. The molecule has 2 fully saturated rings. The Balaban J connectivity index is 1.87. The molecule has 16 heavy (non-hydrogen) atoms. The standard InChI is InChI=1S/C13H24N2O/c1-2-3-10-15(11-7-8-11)13(16)12-6-4-5-9-14-12/h11-12,14H,2-10H2,1H3/t12-/m0/s1. The summed E-state index contributed by atoms with van der Waals surface area (Å²) in [5.74, 6) is 0.371. The van der Waals surface area contributed by atoms with Crippen molar-refractivity contribution >= 4 is 5.91 Å². The predicted octanol–water partition coefficient (Wildman–Crippen LogP) is 1.92. The SMILES string of the molecule is CCCCN(C(=O)[C@@H]1CCCCN1)C1CC1. The molecule has 2 aliphatic rings. The van der Waals surface area contributed by atoms with Gasteiger partial charge in [-0.05, 0) is 38.6 Å². The Morgan fingerprint density at radius 3 is 2.69 bits per heavy atom. The van der Waals surface area contributed by atoms with Crippen molar-refractivity contribution < 1.29 is 4.79 Å². The molecule has 1 amide bonds. The van der Waals surface area contributed by atoms with Crippen molar-refractivity contribution in [3.05, 3.63) is 0 Å². The van der Waals surface area contributed by atoms with Gasteiger partial charge >= 0.3 is 0 Å². The first-order valence-electron chi connectivity index (χ1n) is 6.86. The first-order valence-corrected chi connectivity index (χ1v) is 6.86. The van der Waals surface area contributed by atoms with Gasteiger partial charge in [0.2, 0.25) is 5.91 Å². The van der Waals surface area contributed by atoms with Crippen molar-refractivity contribution in [3.8, 4) is 0 Å². The number of amides is 1. The molecular formula is C13H24N2O. The lowest BCUT2D eigenvalue weighted by atomic mass is 10.0. The minimum Gasteiger partial charge on any atom is -0.338 e. The molecule has 0 aromatic carbocycles. The highest BCUT2D eigenvalue weighted by atomic mass is 16.2. The van der Waals surface area contributed by atoms with Crippen LogP contribution >= 0.6 is 0 Å². The van der Waals surface area contributed by atoms with Crippen molar-refractivity contribution in [2.75, 3.05) is 13.1 Å². The summed E-state index contributed by atoms with van der Waals surface area (Å²) in [5.41, 5.74) is 0. The van der Waals surface area contributed by atoms with Gasteiger partial charge in [0.05, 0.1) is 6.04 Å². The topological polar surface area (TPSA) is 32.3 Å². The van der Waals surface area contributed by atoms with Gasteiger partial charge in [0.15, 0.2) is 0 Å². The normalized spacial score (nSPS) is 25.4. The smallest absolute Gasteiger partial charge is 0.239 e. The van der Waals surface area contributed by atoms with Gasteiger partial charge in [0.25, 0.3) is 0 Å². The molecule has 0 spiro atoms. The largest absolute Gasteiger partial charge is 0.338 e. The zero-order chi connectivity index (χ0) is 11.4. The zero-order valence-electron chi connectivity index (χ0n) is 10.4. The number of carbonyl (C=O) groups is 1. The van der Waals surface area contributed by atoms with Crippen LogP contribution in [0, 0.1) is 0 Å². The lowest BCUT2D eigenvalue weighted by Gasteiger charge is -2.30. The van der Waals surface area contributed by atoms with Gasteiger partial charge in [-0.15, -0.1) is 0 Å². The van der Waals surface area contributed by atoms with E-state index < -0.39 is 0 Å². The Bertz CT molecular complexity index is 232. The molecular weight excluding hydrogens is 200 g/mol. The van der Waals surface area contributed by atoms with Crippen molar-refractivity contribution in [2.45, 2.75) is 64.0 Å². The highest BCUT2D eigenvalue weighted by molar-refractivity contribution is 5.82. The summed E-state index contributed by atoms with van der Waals surface area (Å²) in [7, 11) is 0. The number of piperidine rings is 1. The Morgan fingerprint density at radius 2 is 2.12 bits per heavy atom. The molecule has 3 nitrogen and oxygen atoms in total. The third-order valence-corrected chi connectivity index (χ3v) is 3.63. The molecule has 1 heterocycles. The van der Waals surface area contributed by atoms with Gasteiger partial charge in [-0.1, -0.05) is 19.8 Å². The summed E-state index contributed by atoms with van der Waals surface area (Å²) in [5, 5.41) is 3.37. The zero-order valence-corrected chi connectivity index (χ0v) is 10.4.